The number of hydrogen-bond donors (Lipinski definition) is 1. The molecule has 2 aliphatic heterocycles. The molecule has 1 aromatic rings. The van der Waals surface area contributed by atoms with Gasteiger partial charge in [0, 0.05) is 18.7 Å². The molecule has 1 aromatic heterocycles. The molecule has 0 bridgehead atoms. The maximum absolute atomic E-state index is 11.9. The molecule has 1 N–H and O–H groups in total. The minimum Gasteiger partial charge on any atom is -0.377 e. The molecule has 0 spiro atoms. The number of fused-ring (bicyclic) bond motifs is 1. The van der Waals surface area contributed by atoms with Crippen LogP contribution in [0.2, 0.25) is 5.28 Å². The Labute approximate surface area is 116 Å². The highest BCUT2D eigenvalue weighted by Crippen LogP contribution is 2.27. The summed E-state index contributed by atoms with van der Waals surface area (Å²) in [6, 6.07) is 0.216. The van der Waals surface area contributed by atoms with Crippen LogP contribution >= 0.6 is 11.6 Å². The highest BCUT2D eigenvalue weighted by Gasteiger charge is 2.29. The van der Waals surface area contributed by atoms with Crippen LogP contribution in [0.3, 0.4) is 0 Å². The largest absolute Gasteiger partial charge is 0.377 e. The summed E-state index contributed by atoms with van der Waals surface area (Å²) in [5.41, 5.74) is 1.29. The summed E-state index contributed by atoms with van der Waals surface area (Å²) in [4.78, 5) is 22.4. The van der Waals surface area contributed by atoms with E-state index >= 15 is 0 Å². The van der Waals surface area contributed by atoms with Gasteiger partial charge >= 0.3 is 0 Å². The van der Waals surface area contributed by atoms with Gasteiger partial charge in [-0.3, -0.25) is 4.79 Å². The first-order valence-corrected chi connectivity index (χ1v) is 6.73. The molecule has 0 radical (unpaired) electrons. The first-order valence-electron chi connectivity index (χ1n) is 6.36. The number of nitrogens with one attached hydrogen (secondary N) is 1. The molecule has 1 saturated heterocycles. The van der Waals surface area contributed by atoms with Gasteiger partial charge in [0.1, 0.15) is 11.5 Å². The number of carbonyl (C=O) groups is 1. The first-order chi connectivity index (χ1) is 9.16. The zero-order chi connectivity index (χ0) is 13.4. The average Bonchev–Trinajstić information content (AvgIpc) is 2.40. The summed E-state index contributed by atoms with van der Waals surface area (Å²) in [5.74, 6) is 0.605. The summed E-state index contributed by atoms with van der Waals surface area (Å²) in [6.07, 6.45) is 0.734. The van der Waals surface area contributed by atoms with Crippen LogP contribution in [0, 0.1) is 0 Å². The monoisotopic (exact) mass is 282 g/mol. The van der Waals surface area contributed by atoms with Gasteiger partial charge in [-0.15, -0.1) is 0 Å². The molecule has 0 aliphatic carbocycles. The smallest absolute Gasteiger partial charge is 0.270 e. The summed E-state index contributed by atoms with van der Waals surface area (Å²) >= 11 is 5.95. The first kappa shape index (κ1) is 12.6. The van der Waals surface area contributed by atoms with Crippen molar-refractivity contribution in [1.82, 2.24) is 15.3 Å². The quantitative estimate of drug-likeness (QED) is 0.766. The molecule has 0 saturated carbocycles. The number of aromatic nitrogens is 2. The summed E-state index contributed by atoms with van der Waals surface area (Å²) < 4.78 is 5.43. The van der Waals surface area contributed by atoms with Crippen molar-refractivity contribution < 1.29 is 9.53 Å². The Morgan fingerprint density at radius 3 is 3.11 bits per heavy atom. The zero-order valence-electron chi connectivity index (χ0n) is 10.6. The average molecular weight is 283 g/mol. The van der Waals surface area contributed by atoms with Crippen molar-refractivity contribution in [1.29, 1.82) is 0 Å². The molecule has 2 aliphatic rings. The van der Waals surface area contributed by atoms with Crippen molar-refractivity contribution in [2.24, 2.45) is 0 Å². The SMILES string of the molecule is C[C@H]1COCCN1c1nc(Cl)nc2c1CCNC2=O. The molecule has 1 amide bonds. The lowest BCUT2D eigenvalue weighted by atomic mass is 10.1. The number of amides is 1. The van der Waals surface area contributed by atoms with Crippen molar-refractivity contribution in [3.63, 3.8) is 0 Å². The molecular weight excluding hydrogens is 268 g/mol. The van der Waals surface area contributed by atoms with Crippen LogP contribution in [0.25, 0.3) is 0 Å². The van der Waals surface area contributed by atoms with E-state index in [9.17, 15) is 4.79 Å². The topological polar surface area (TPSA) is 67.3 Å². The van der Waals surface area contributed by atoms with Crippen LogP contribution in [-0.4, -0.2) is 48.2 Å². The molecule has 3 heterocycles. The maximum Gasteiger partial charge on any atom is 0.270 e. The normalized spacial score (nSPS) is 22.9. The molecular formula is C12H15ClN4O2. The zero-order valence-corrected chi connectivity index (χ0v) is 11.4. The Hall–Kier alpha value is -1.40. The van der Waals surface area contributed by atoms with Gasteiger partial charge in [-0.05, 0) is 24.9 Å². The van der Waals surface area contributed by atoms with Crippen LogP contribution in [0.1, 0.15) is 23.0 Å². The van der Waals surface area contributed by atoms with E-state index in [4.69, 9.17) is 16.3 Å². The summed E-state index contributed by atoms with van der Waals surface area (Å²) in [5, 5.41) is 2.89. The fourth-order valence-electron chi connectivity index (χ4n) is 2.53. The third kappa shape index (κ3) is 2.26. The Balaban J connectivity index is 2.07. The fourth-order valence-corrected chi connectivity index (χ4v) is 2.69. The maximum atomic E-state index is 11.9. The Morgan fingerprint density at radius 1 is 1.47 bits per heavy atom. The Morgan fingerprint density at radius 2 is 2.32 bits per heavy atom. The van der Waals surface area contributed by atoms with Crippen molar-refractivity contribution in [3.05, 3.63) is 16.5 Å². The Kier molecular flexibility index (Phi) is 3.28. The lowest BCUT2D eigenvalue weighted by molar-refractivity contribution is 0.0937. The minimum absolute atomic E-state index is 0.115. The number of nitrogens with zero attached hydrogens (tertiary/aromatic N) is 3. The molecule has 6 nitrogen and oxygen atoms in total. The molecule has 3 rings (SSSR count). The molecule has 1 fully saturated rings. The molecule has 0 aromatic carbocycles. The van der Waals surface area contributed by atoms with E-state index < -0.39 is 0 Å². The van der Waals surface area contributed by atoms with E-state index in [2.05, 4.69) is 27.1 Å². The predicted molar refractivity (Wildman–Crippen MR) is 70.7 cm³/mol. The second-order valence-corrected chi connectivity index (χ2v) is 5.10. The van der Waals surface area contributed by atoms with E-state index in [1.807, 2.05) is 0 Å². The van der Waals surface area contributed by atoms with Crippen LogP contribution in [0.5, 0.6) is 0 Å². The highest BCUT2D eigenvalue weighted by atomic mass is 35.5. The molecule has 0 unspecified atom stereocenters. The van der Waals surface area contributed by atoms with Gasteiger partial charge in [-0.25, -0.2) is 9.97 Å². The van der Waals surface area contributed by atoms with E-state index in [0.29, 0.717) is 25.5 Å². The van der Waals surface area contributed by atoms with Crippen molar-refractivity contribution >= 4 is 23.3 Å². The number of anilines is 1. The van der Waals surface area contributed by atoms with Gasteiger partial charge in [-0.2, -0.15) is 0 Å². The van der Waals surface area contributed by atoms with Crippen LogP contribution in [-0.2, 0) is 11.2 Å². The second-order valence-electron chi connectivity index (χ2n) is 4.77. The number of ether oxygens (including phenoxy) is 1. The second kappa shape index (κ2) is 4.94. The molecule has 19 heavy (non-hydrogen) atoms. The van der Waals surface area contributed by atoms with Crippen LogP contribution in [0.15, 0.2) is 0 Å². The van der Waals surface area contributed by atoms with Gasteiger partial charge in [-0.1, -0.05) is 0 Å². The van der Waals surface area contributed by atoms with Gasteiger partial charge in [0.25, 0.3) is 5.91 Å². The number of rotatable bonds is 1. The van der Waals surface area contributed by atoms with Gasteiger partial charge in [0.15, 0.2) is 0 Å². The Bertz CT molecular complexity index is 523. The van der Waals surface area contributed by atoms with Gasteiger partial charge < -0.3 is 15.0 Å². The third-order valence-electron chi connectivity index (χ3n) is 3.47. The van der Waals surface area contributed by atoms with Crippen LogP contribution in [0.4, 0.5) is 5.82 Å². The number of halogens is 1. The summed E-state index contributed by atoms with van der Waals surface area (Å²) in [6.45, 7) is 4.76. The van der Waals surface area contributed by atoms with E-state index in [1.165, 1.54) is 0 Å². The van der Waals surface area contributed by atoms with E-state index in [0.717, 1.165) is 24.3 Å². The van der Waals surface area contributed by atoms with Crippen LogP contribution < -0.4 is 10.2 Å². The van der Waals surface area contributed by atoms with Crippen molar-refractivity contribution in [2.75, 3.05) is 31.2 Å². The predicted octanol–water partition coefficient (Wildman–Crippen LogP) is 0.641. The lowest BCUT2D eigenvalue weighted by Gasteiger charge is -2.36. The van der Waals surface area contributed by atoms with Crippen molar-refractivity contribution in [3.8, 4) is 0 Å². The fraction of sp³-hybridized carbons (Fsp3) is 0.583. The molecule has 1 atom stereocenters. The highest BCUT2D eigenvalue weighted by molar-refractivity contribution is 6.28. The number of carbonyl (C=O) groups excluding carboxylic acids is 1. The summed E-state index contributed by atoms with van der Waals surface area (Å²) in [7, 11) is 0. The molecule has 7 heteroatoms. The minimum atomic E-state index is -0.173. The van der Waals surface area contributed by atoms with Gasteiger partial charge in [0.2, 0.25) is 5.28 Å². The van der Waals surface area contributed by atoms with E-state index in [-0.39, 0.29) is 17.2 Å². The number of morpholine rings is 1. The number of hydrogen-bond acceptors (Lipinski definition) is 5. The van der Waals surface area contributed by atoms with Crippen molar-refractivity contribution in [2.45, 2.75) is 19.4 Å². The van der Waals surface area contributed by atoms with Gasteiger partial charge in [0.05, 0.1) is 19.3 Å². The standard InChI is InChI=1S/C12H15ClN4O2/c1-7-6-19-5-4-17(7)10-8-2-3-14-11(18)9(8)15-12(13)16-10/h7H,2-6H2,1H3,(H,14,18)/t7-/m0/s1. The third-order valence-corrected chi connectivity index (χ3v) is 3.64. The van der Waals surface area contributed by atoms with E-state index in [1.54, 1.807) is 0 Å². The molecule has 102 valence electrons. The lowest BCUT2D eigenvalue weighted by Crippen LogP contribution is -2.45.